The van der Waals surface area contributed by atoms with E-state index in [9.17, 15) is 41.1 Å². The summed E-state index contributed by atoms with van der Waals surface area (Å²) in [6, 6.07) is 1.18. The highest BCUT2D eigenvalue weighted by Crippen LogP contribution is 2.45. The second-order valence-electron chi connectivity index (χ2n) is 8.91. The third-order valence-corrected chi connectivity index (χ3v) is 6.44. The summed E-state index contributed by atoms with van der Waals surface area (Å²) in [5, 5.41) is 6.60. The lowest BCUT2D eigenvalue weighted by Gasteiger charge is -2.45. The van der Waals surface area contributed by atoms with E-state index in [0.717, 1.165) is 0 Å². The summed E-state index contributed by atoms with van der Waals surface area (Å²) in [6.07, 6.45) is -1.07. The van der Waals surface area contributed by atoms with Crippen molar-refractivity contribution in [1.82, 2.24) is 15.2 Å². The van der Waals surface area contributed by atoms with E-state index in [2.05, 4.69) is 16.0 Å². The van der Waals surface area contributed by atoms with Crippen LogP contribution < -0.4 is 16.0 Å². The highest BCUT2D eigenvalue weighted by atomic mass is 19.3. The summed E-state index contributed by atoms with van der Waals surface area (Å²) >= 11 is 0. The van der Waals surface area contributed by atoms with Crippen molar-refractivity contribution in [3.05, 3.63) is 52.1 Å². The molecular formula is C23H21F5N4O4. The van der Waals surface area contributed by atoms with Crippen LogP contribution >= 0.6 is 0 Å². The van der Waals surface area contributed by atoms with Gasteiger partial charge in [-0.3, -0.25) is 19.2 Å². The van der Waals surface area contributed by atoms with E-state index < -0.39 is 65.3 Å². The molecule has 0 unspecified atom stereocenters. The molecule has 1 aromatic heterocycles. The number of fused-ring (bicyclic) bond motifs is 1. The maximum atomic E-state index is 13.6. The summed E-state index contributed by atoms with van der Waals surface area (Å²) in [5.74, 6) is -12.0. The first kappa shape index (κ1) is 25.3. The number of Topliss-reactive ketones (excluding diaryl/α,β-unsaturated/α-hetero) is 1. The summed E-state index contributed by atoms with van der Waals surface area (Å²) < 4.78 is 68.9. The van der Waals surface area contributed by atoms with Crippen molar-refractivity contribution in [2.75, 3.05) is 12.4 Å². The second-order valence-corrected chi connectivity index (χ2v) is 8.91. The maximum Gasteiger partial charge on any atom is 0.294 e. The smallest absolute Gasteiger partial charge is 0.294 e. The zero-order chi connectivity index (χ0) is 26.6. The number of carbonyl (C=O) groups excluding carboxylic acids is 4. The summed E-state index contributed by atoms with van der Waals surface area (Å²) in [6.45, 7) is 1.66. The number of hydrogen-bond donors (Lipinski definition) is 3. The third-order valence-electron chi connectivity index (χ3n) is 6.44. The second kappa shape index (κ2) is 8.71. The fourth-order valence-corrected chi connectivity index (χ4v) is 4.89. The number of likely N-dealkylation sites (N-methyl/N-ethyl adjacent to an activating group) is 1. The van der Waals surface area contributed by atoms with Gasteiger partial charge in [0.15, 0.2) is 17.5 Å². The lowest BCUT2D eigenvalue weighted by Crippen LogP contribution is -2.69. The Bertz CT molecular complexity index is 1290. The highest BCUT2D eigenvalue weighted by Gasteiger charge is 2.62. The molecule has 1 aromatic carbocycles. The molecule has 13 heteroatoms. The summed E-state index contributed by atoms with van der Waals surface area (Å²) in [5.41, 5.74) is -2.02. The monoisotopic (exact) mass is 512 g/mol. The van der Waals surface area contributed by atoms with Crippen LogP contribution in [0.5, 0.6) is 0 Å². The molecule has 36 heavy (non-hydrogen) atoms. The van der Waals surface area contributed by atoms with Crippen molar-refractivity contribution < 1.29 is 41.1 Å². The quantitative estimate of drug-likeness (QED) is 0.239. The largest absolute Gasteiger partial charge is 0.357 e. The van der Waals surface area contributed by atoms with Gasteiger partial charge in [-0.05, 0) is 25.3 Å². The average molecular weight is 512 g/mol. The van der Waals surface area contributed by atoms with E-state index >= 15 is 0 Å². The number of ketones is 1. The van der Waals surface area contributed by atoms with Gasteiger partial charge >= 0.3 is 0 Å². The molecule has 2 aliphatic rings. The van der Waals surface area contributed by atoms with Crippen LogP contribution in [-0.4, -0.2) is 46.6 Å². The van der Waals surface area contributed by atoms with Crippen LogP contribution in [0.15, 0.2) is 12.1 Å². The van der Waals surface area contributed by atoms with E-state index in [1.807, 2.05) is 0 Å². The van der Waals surface area contributed by atoms with Crippen molar-refractivity contribution >= 4 is 29.2 Å². The first-order valence-corrected chi connectivity index (χ1v) is 10.9. The van der Waals surface area contributed by atoms with Crippen LogP contribution in [0, 0.1) is 24.4 Å². The zero-order valence-electron chi connectivity index (χ0n) is 19.2. The van der Waals surface area contributed by atoms with Gasteiger partial charge in [-0.15, -0.1) is 0 Å². The van der Waals surface area contributed by atoms with Crippen molar-refractivity contribution in [3.8, 4) is 0 Å². The van der Waals surface area contributed by atoms with Crippen LogP contribution in [0.3, 0.4) is 0 Å². The molecule has 0 saturated heterocycles. The molecule has 0 atom stereocenters. The molecule has 1 saturated carbocycles. The molecule has 1 aliphatic carbocycles. The van der Waals surface area contributed by atoms with Gasteiger partial charge in [0.05, 0.1) is 11.3 Å². The van der Waals surface area contributed by atoms with E-state index in [-0.39, 0.29) is 29.1 Å². The molecule has 3 N–H and O–H groups in total. The fraction of sp³-hybridized carbons (Fsp3) is 0.391. The predicted molar refractivity (Wildman–Crippen MR) is 115 cm³/mol. The number of nitrogens with one attached hydrogen (secondary N) is 3. The topological polar surface area (TPSA) is 109 Å². The number of anilines is 1. The van der Waals surface area contributed by atoms with Gasteiger partial charge < -0.3 is 20.5 Å². The minimum Gasteiger partial charge on any atom is -0.357 e. The SMILES string of the molecule is CNC(=O)C1(NC(=O)C(=O)c2c(C)c(C(=O)Nc3cc(F)c(F)c(F)c3)c3n2CCC3)CC(F)(F)C1. The minimum absolute atomic E-state index is 0.00927. The Morgan fingerprint density at radius 1 is 1.03 bits per heavy atom. The summed E-state index contributed by atoms with van der Waals surface area (Å²) in [4.78, 5) is 51.1. The van der Waals surface area contributed by atoms with Gasteiger partial charge in [0.2, 0.25) is 5.91 Å². The van der Waals surface area contributed by atoms with E-state index in [4.69, 9.17) is 0 Å². The van der Waals surface area contributed by atoms with Crippen LogP contribution in [-0.2, 0) is 22.6 Å². The molecule has 0 bridgehead atoms. The minimum atomic E-state index is -3.18. The van der Waals surface area contributed by atoms with E-state index in [1.54, 1.807) is 0 Å². The van der Waals surface area contributed by atoms with Gasteiger partial charge in [-0.1, -0.05) is 0 Å². The molecule has 192 valence electrons. The van der Waals surface area contributed by atoms with Crippen LogP contribution in [0.2, 0.25) is 0 Å². The molecule has 1 aliphatic heterocycles. The first-order chi connectivity index (χ1) is 16.8. The Kier molecular flexibility index (Phi) is 6.13. The molecular weight excluding hydrogens is 491 g/mol. The highest BCUT2D eigenvalue weighted by molar-refractivity contribution is 6.43. The Hall–Kier alpha value is -3.77. The number of aromatic nitrogens is 1. The number of carbonyl (C=O) groups is 4. The number of hydrogen-bond acceptors (Lipinski definition) is 4. The standard InChI is InChI=1S/C23H21F5N4O4/c1-10-15(19(34)30-11-6-12(24)16(26)13(25)7-11)14-4-3-5-32(14)17(10)18(33)20(35)31-22(21(36)29-2)8-23(27,28)9-22/h6-7H,3-5,8-9H2,1-2H3,(H,29,36)(H,30,34)(H,31,35). The van der Waals surface area contributed by atoms with Gasteiger partial charge in [-0.25, -0.2) is 22.0 Å². The number of rotatable bonds is 6. The normalized spacial score (nSPS) is 17.1. The lowest BCUT2D eigenvalue weighted by molar-refractivity contribution is -0.164. The number of nitrogens with zero attached hydrogens (tertiary/aromatic N) is 1. The number of amides is 3. The average Bonchev–Trinajstić information content (AvgIpc) is 3.34. The Morgan fingerprint density at radius 2 is 1.64 bits per heavy atom. The third kappa shape index (κ3) is 4.11. The van der Waals surface area contributed by atoms with Gasteiger partial charge in [0.25, 0.3) is 23.5 Å². The summed E-state index contributed by atoms with van der Waals surface area (Å²) in [7, 11) is 1.21. The van der Waals surface area contributed by atoms with Gasteiger partial charge in [0.1, 0.15) is 5.54 Å². The molecule has 0 spiro atoms. The molecule has 0 radical (unpaired) electrons. The first-order valence-electron chi connectivity index (χ1n) is 10.9. The van der Waals surface area contributed by atoms with E-state index in [1.165, 1.54) is 18.5 Å². The Morgan fingerprint density at radius 3 is 2.19 bits per heavy atom. The van der Waals surface area contributed by atoms with Gasteiger partial charge in [0, 0.05) is 49.9 Å². The van der Waals surface area contributed by atoms with Crippen LogP contribution in [0.4, 0.5) is 27.6 Å². The number of benzene rings is 1. The molecule has 1 fully saturated rings. The molecule has 2 heterocycles. The molecule has 2 aromatic rings. The number of alkyl halides is 2. The fourth-order valence-electron chi connectivity index (χ4n) is 4.89. The van der Waals surface area contributed by atoms with Crippen LogP contribution in [0.1, 0.15) is 51.4 Å². The molecule has 4 rings (SSSR count). The van der Waals surface area contributed by atoms with Gasteiger partial charge in [-0.2, -0.15) is 0 Å². The Balaban J connectivity index is 1.63. The van der Waals surface area contributed by atoms with E-state index in [0.29, 0.717) is 30.7 Å². The molecule has 3 amide bonds. The molecule has 8 nitrogen and oxygen atoms in total. The lowest BCUT2D eigenvalue weighted by atomic mass is 9.72. The number of halogens is 5. The van der Waals surface area contributed by atoms with Crippen molar-refractivity contribution in [2.45, 2.75) is 50.6 Å². The van der Waals surface area contributed by atoms with Crippen molar-refractivity contribution in [1.29, 1.82) is 0 Å². The predicted octanol–water partition coefficient (Wildman–Crippen LogP) is 2.63. The van der Waals surface area contributed by atoms with Crippen LogP contribution in [0.25, 0.3) is 0 Å². The Labute approximate surface area is 201 Å². The maximum absolute atomic E-state index is 13.6. The van der Waals surface area contributed by atoms with Crippen molar-refractivity contribution in [3.63, 3.8) is 0 Å². The van der Waals surface area contributed by atoms with Crippen molar-refractivity contribution in [2.24, 2.45) is 0 Å². The zero-order valence-corrected chi connectivity index (χ0v) is 19.2.